The molecule has 10 heteroatoms. The summed E-state index contributed by atoms with van der Waals surface area (Å²) in [5.41, 5.74) is -0.0379. The lowest BCUT2D eigenvalue weighted by atomic mass is 10.2. The molecule has 2 N–H and O–H groups in total. The lowest BCUT2D eigenvalue weighted by Crippen LogP contribution is -2.24. The monoisotopic (exact) mass is 450 g/mol. The first-order valence-electron chi connectivity index (χ1n) is 8.89. The lowest BCUT2D eigenvalue weighted by molar-refractivity contribution is 0.102. The van der Waals surface area contributed by atoms with E-state index in [2.05, 4.69) is 10.0 Å². The van der Waals surface area contributed by atoms with Crippen LogP contribution in [0.25, 0.3) is 0 Å². The number of ether oxygens (including phenoxy) is 1. The van der Waals surface area contributed by atoms with Crippen LogP contribution in [0.1, 0.15) is 15.9 Å². The second-order valence-electron chi connectivity index (χ2n) is 6.35. The number of anilines is 1. The number of benzene rings is 3. The molecule has 0 atom stereocenters. The number of hydrogen-bond donors (Lipinski definition) is 2. The molecule has 6 nitrogen and oxygen atoms in total. The van der Waals surface area contributed by atoms with Crippen molar-refractivity contribution in [2.24, 2.45) is 0 Å². The van der Waals surface area contributed by atoms with Gasteiger partial charge in [-0.15, -0.1) is 0 Å². The lowest BCUT2D eigenvalue weighted by Gasteiger charge is -2.13. The van der Waals surface area contributed by atoms with Crippen LogP contribution >= 0.6 is 0 Å². The summed E-state index contributed by atoms with van der Waals surface area (Å²) >= 11 is 0. The van der Waals surface area contributed by atoms with Crippen LogP contribution in [0.4, 0.5) is 18.9 Å². The van der Waals surface area contributed by atoms with Gasteiger partial charge in [0.2, 0.25) is 10.0 Å². The molecular formula is C21H17F3N2O4S. The standard InChI is InChI=1S/C21H17F3N2O4S/c1-30-17-10-7-14(21(27)26-16-9-8-15(22)19(23)20(16)24)11-18(17)31(28,29)25-12-13-5-3-2-4-6-13/h2-11,25H,12H2,1H3,(H,26,27). The van der Waals surface area contributed by atoms with Gasteiger partial charge in [0.1, 0.15) is 10.6 Å². The molecule has 0 spiro atoms. The van der Waals surface area contributed by atoms with Gasteiger partial charge in [0.25, 0.3) is 5.91 Å². The van der Waals surface area contributed by atoms with E-state index in [0.717, 1.165) is 12.1 Å². The molecule has 0 saturated carbocycles. The van der Waals surface area contributed by atoms with Crippen molar-refractivity contribution in [1.82, 2.24) is 4.72 Å². The van der Waals surface area contributed by atoms with E-state index < -0.39 is 39.1 Å². The van der Waals surface area contributed by atoms with Crippen LogP contribution in [-0.4, -0.2) is 21.4 Å². The molecule has 0 aliphatic carbocycles. The van der Waals surface area contributed by atoms with Gasteiger partial charge in [0, 0.05) is 12.1 Å². The van der Waals surface area contributed by atoms with Crippen LogP contribution in [0, 0.1) is 17.5 Å². The number of hydrogen-bond acceptors (Lipinski definition) is 4. The van der Waals surface area contributed by atoms with Crippen molar-refractivity contribution < 1.29 is 31.1 Å². The molecule has 0 aromatic heterocycles. The second-order valence-corrected chi connectivity index (χ2v) is 8.09. The van der Waals surface area contributed by atoms with Gasteiger partial charge in [0.15, 0.2) is 17.5 Å². The average molecular weight is 450 g/mol. The summed E-state index contributed by atoms with van der Waals surface area (Å²) in [5, 5.41) is 2.09. The first-order chi connectivity index (χ1) is 14.7. The van der Waals surface area contributed by atoms with E-state index in [1.165, 1.54) is 19.2 Å². The zero-order chi connectivity index (χ0) is 22.6. The average Bonchev–Trinajstić information content (AvgIpc) is 2.78. The van der Waals surface area contributed by atoms with Crippen LogP contribution in [0.3, 0.4) is 0 Å². The van der Waals surface area contributed by atoms with Gasteiger partial charge in [-0.3, -0.25) is 4.79 Å². The third kappa shape index (κ3) is 5.04. The maximum atomic E-state index is 13.8. The summed E-state index contributed by atoms with van der Waals surface area (Å²) in [6.45, 7) is 0.00280. The van der Waals surface area contributed by atoms with Crippen molar-refractivity contribution in [1.29, 1.82) is 0 Å². The molecule has 1 amide bonds. The van der Waals surface area contributed by atoms with Crippen molar-refractivity contribution in [3.63, 3.8) is 0 Å². The topological polar surface area (TPSA) is 84.5 Å². The van der Waals surface area contributed by atoms with E-state index in [1.54, 1.807) is 30.3 Å². The molecule has 162 valence electrons. The summed E-state index contributed by atoms with van der Waals surface area (Å²) in [4.78, 5) is 12.2. The van der Waals surface area contributed by atoms with E-state index in [0.29, 0.717) is 11.6 Å². The Kier molecular flexibility index (Phi) is 6.62. The van der Waals surface area contributed by atoms with E-state index in [-0.39, 0.29) is 22.8 Å². The van der Waals surface area contributed by atoms with Gasteiger partial charge in [-0.2, -0.15) is 0 Å². The van der Waals surface area contributed by atoms with Crippen molar-refractivity contribution in [3.05, 3.63) is 89.2 Å². The molecule has 3 aromatic rings. The van der Waals surface area contributed by atoms with E-state index in [9.17, 15) is 26.4 Å². The number of carbonyl (C=O) groups is 1. The Bertz CT molecular complexity index is 1220. The summed E-state index contributed by atoms with van der Waals surface area (Å²) in [7, 11) is -2.82. The highest BCUT2D eigenvalue weighted by Gasteiger charge is 2.22. The first-order valence-corrected chi connectivity index (χ1v) is 10.4. The number of amides is 1. The highest BCUT2D eigenvalue weighted by molar-refractivity contribution is 7.89. The van der Waals surface area contributed by atoms with Crippen molar-refractivity contribution >= 4 is 21.6 Å². The minimum atomic E-state index is -4.09. The molecule has 0 saturated heterocycles. The number of halogens is 3. The zero-order valence-electron chi connectivity index (χ0n) is 16.2. The third-order valence-corrected chi connectivity index (χ3v) is 5.73. The molecule has 0 fully saturated rings. The van der Waals surface area contributed by atoms with Gasteiger partial charge in [-0.1, -0.05) is 30.3 Å². The highest BCUT2D eigenvalue weighted by Crippen LogP contribution is 2.26. The molecule has 3 rings (SSSR count). The number of methoxy groups -OCH3 is 1. The molecule has 0 bridgehead atoms. The van der Waals surface area contributed by atoms with Gasteiger partial charge in [0.05, 0.1) is 12.8 Å². The van der Waals surface area contributed by atoms with Crippen molar-refractivity contribution in [3.8, 4) is 5.75 Å². The van der Waals surface area contributed by atoms with Crippen LogP contribution < -0.4 is 14.8 Å². The normalized spacial score (nSPS) is 11.2. The summed E-state index contributed by atoms with van der Waals surface area (Å²) in [5.74, 6) is -5.65. The van der Waals surface area contributed by atoms with Crippen LogP contribution in [0.15, 0.2) is 65.6 Å². The quantitative estimate of drug-likeness (QED) is 0.536. The van der Waals surface area contributed by atoms with E-state index in [1.807, 2.05) is 0 Å². The fourth-order valence-electron chi connectivity index (χ4n) is 2.70. The summed E-state index contributed by atoms with van der Waals surface area (Å²) in [6, 6.07) is 13.8. The summed E-state index contributed by atoms with van der Waals surface area (Å²) < 4.78 is 73.3. The Morgan fingerprint density at radius 1 is 0.968 bits per heavy atom. The highest BCUT2D eigenvalue weighted by atomic mass is 32.2. The minimum Gasteiger partial charge on any atom is -0.495 e. The Labute approximate surface area is 176 Å². The SMILES string of the molecule is COc1ccc(C(=O)Nc2ccc(F)c(F)c2F)cc1S(=O)(=O)NCc1ccccc1. The molecule has 0 radical (unpaired) electrons. The van der Waals surface area contributed by atoms with Crippen LogP contribution in [-0.2, 0) is 16.6 Å². The third-order valence-electron chi connectivity index (χ3n) is 4.31. The molecule has 0 aliphatic rings. The molecule has 0 heterocycles. The number of nitrogens with one attached hydrogen (secondary N) is 2. The number of rotatable bonds is 7. The summed E-state index contributed by atoms with van der Waals surface area (Å²) in [6.07, 6.45) is 0. The fourth-order valence-corrected chi connectivity index (χ4v) is 3.91. The minimum absolute atomic E-state index is 0.00280. The zero-order valence-corrected chi connectivity index (χ0v) is 17.0. The second kappa shape index (κ2) is 9.19. The molecule has 31 heavy (non-hydrogen) atoms. The maximum absolute atomic E-state index is 13.8. The first kappa shape index (κ1) is 22.3. The Morgan fingerprint density at radius 2 is 1.68 bits per heavy atom. The molecule has 0 unspecified atom stereocenters. The predicted octanol–water partition coefficient (Wildman–Crippen LogP) is 3.84. The van der Waals surface area contributed by atoms with Gasteiger partial charge < -0.3 is 10.1 Å². The smallest absolute Gasteiger partial charge is 0.255 e. The van der Waals surface area contributed by atoms with E-state index >= 15 is 0 Å². The van der Waals surface area contributed by atoms with Crippen molar-refractivity contribution in [2.45, 2.75) is 11.4 Å². The van der Waals surface area contributed by atoms with Gasteiger partial charge >= 0.3 is 0 Å². The Hall–Kier alpha value is -3.37. The van der Waals surface area contributed by atoms with E-state index in [4.69, 9.17) is 4.74 Å². The fraction of sp³-hybridized carbons (Fsp3) is 0.0952. The van der Waals surface area contributed by atoms with Crippen LogP contribution in [0.2, 0.25) is 0 Å². The van der Waals surface area contributed by atoms with Gasteiger partial charge in [-0.25, -0.2) is 26.3 Å². The molecular weight excluding hydrogens is 433 g/mol. The number of sulfonamides is 1. The largest absolute Gasteiger partial charge is 0.495 e. The molecule has 3 aromatic carbocycles. The maximum Gasteiger partial charge on any atom is 0.255 e. The Balaban J connectivity index is 1.87. The van der Waals surface area contributed by atoms with Crippen LogP contribution in [0.5, 0.6) is 5.75 Å². The van der Waals surface area contributed by atoms with Crippen molar-refractivity contribution in [2.75, 3.05) is 12.4 Å². The predicted molar refractivity (Wildman–Crippen MR) is 108 cm³/mol. The molecule has 0 aliphatic heterocycles. The Morgan fingerprint density at radius 3 is 2.35 bits per heavy atom. The number of carbonyl (C=O) groups excluding carboxylic acids is 1. The van der Waals surface area contributed by atoms with Gasteiger partial charge in [-0.05, 0) is 35.9 Å².